The number of hydrogen-bond donors (Lipinski definition) is 0. The smallest absolute Gasteiger partial charge is 0.212 e. The van der Waals surface area contributed by atoms with Crippen LogP contribution in [0.3, 0.4) is 0 Å². The Balaban J connectivity index is 2.12. The van der Waals surface area contributed by atoms with Gasteiger partial charge in [-0.1, -0.05) is 4.49 Å². The van der Waals surface area contributed by atoms with Gasteiger partial charge in [-0.15, -0.1) is 15.3 Å². The molecule has 0 atom stereocenters. The lowest BCUT2D eigenvalue weighted by Crippen LogP contribution is -1.95. The van der Waals surface area contributed by atoms with Crippen LogP contribution in [0.2, 0.25) is 0 Å². The number of aryl methyl sites for hydroxylation is 2. The molecule has 0 unspecified atom stereocenters. The predicted octanol–water partition coefficient (Wildman–Crippen LogP) is 1.70. The zero-order valence-corrected chi connectivity index (χ0v) is 11.3. The predicted molar refractivity (Wildman–Crippen MR) is 71.1 cm³/mol. The molecule has 0 aliphatic heterocycles. The molecule has 4 heterocycles. The maximum Gasteiger partial charge on any atom is 0.212 e. The molecule has 4 aromatic rings. The molecule has 98 valence electrons. The maximum absolute atomic E-state index is 5.12. The van der Waals surface area contributed by atoms with Gasteiger partial charge in [0.25, 0.3) is 0 Å². The zero-order valence-electron chi connectivity index (χ0n) is 10.5. The summed E-state index contributed by atoms with van der Waals surface area (Å²) in [6.45, 7) is 3.69. The third-order valence-electron chi connectivity index (χ3n) is 3.06. The van der Waals surface area contributed by atoms with E-state index in [0.29, 0.717) is 22.5 Å². The second-order valence-electron chi connectivity index (χ2n) is 4.29. The molecule has 0 bridgehead atoms. The van der Waals surface area contributed by atoms with Crippen LogP contribution in [0.5, 0.6) is 0 Å². The summed E-state index contributed by atoms with van der Waals surface area (Å²) in [6.07, 6.45) is 1.73. The molecule has 0 aliphatic rings. The standard InChI is InChI=1S/C11H7N7OS/c1-4-7-11(20-18-16-7)6(3-12-4)8-9-10(19-17-15-9)5(2)13-14-8/h3H,1-2H3. The van der Waals surface area contributed by atoms with Crippen molar-refractivity contribution in [3.63, 3.8) is 0 Å². The molecule has 0 radical (unpaired) electrons. The molecular weight excluding hydrogens is 278 g/mol. The third kappa shape index (κ3) is 1.43. The molecule has 0 amide bonds. The van der Waals surface area contributed by atoms with Crippen LogP contribution in [-0.2, 0) is 0 Å². The largest absolute Gasteiger partial charge is 0.335 e. The van der Waals surface area contributed by atoms with Crippen LogP contribution in [0.1, 0.15) is 11.4 Å². The highest BCUT2D eigenvalue weighted by Crippen LogP contribution is 2.32. The van der Waals surface area contributed by atoms with Gasteiger partial charge in [-0.3, -0.25) is 4.98 Å². The van der Waals surface area contributed by atoms with Crippen molar-refractivity contribution in [3.8, 4) is 11.3 Å². The minimum atomic E-state index is 0.529. The summed E-state index contributed by atoms with van der Waals surface area (Å²) in [6, 6.07) is 0. The lowest BCUT2D eigenvalue weighted by Gasteiger charge is -2.02. The van der Waals surface area contributed by atoms with E-state index in [-0.39, 0.29) is 0 Å². The van der Waals surface area contributed by atoms with E-state index in [9.17, 15) is 0 Å². The van der Waals surface area contributed by atoms with Crippen molar-refractivity contribution in [2.75, 3.05) is 0 Å². The van der Waals surface area contributed by atoms with Gasteiger partial charge in [-0.25, -0.2) is 0 Å². The van der Waals surface area contributed by atoms with Crippen LogP contribution in [0.4, 0.5) is 0 Å². The van der Waals surface area contributed by atoms with Gasteiger partial charge in [0.05, 0.1) is 10.4 Å². The Morgan fingerprint density at radius 2 is 1.90 bits per heavy atom. The highest BCUT2D eigenvalue weighted by atomic mass is 32.1. The molecular formula is C11H7N7OS. The number of pyridine rings is 1. The van der Waals surface area contributed by atoms with Crippen molar-refractivity contribution in [1.29, 1.82) is 0 Å². The van der Waals surface area contributed by atoms with Crippen molar-refractivity contribution >= 4 is 32.8 Å². The maximum atomic E-state index is 5.12. The summed E-state index contributed by atoms with van der Waals surface area (Å²) in [4.78, 5) is 4.33. The fraction of sp³-hybridized carbons (Fsp3) is 0.182. The van der Waals surface area contributed by atoms with Gasteiger partial charge >= 0.3 is 0 Å². The summed E-state index contributed by atoms with van der Waals surface area (Å²) in [5, 5.41) is 19.9. The topological polar surface area (TPSA) is 103 Å². The molecule has 4 aromatic heterocycles. The van der Waals surface area contributed by atoms with Crippen LogP contribution < -0.4 is 0 Å². The quantitative estimate of drug-likeness (QED) is 0.520. The molecule has 0 saturated heterocycles. The minimum absolute atomic E-state index is 0.529. The van der Waals surface area contributed by atoms with Crippen molar-refractivity contribution in [3.05, 3.63) is 17.6 Å². The van der Waals surface area contributed by atoms with Gasteiger partial charge in [0.1, 0.15) is 16.9 Å². The summed E-state index contributed by atoms with van der Waals surface area (Å²) < 4.78 is 10.00. The van der Waals surface area contributed by atoms with Crippen LogP contribution in [0.15, 0.2) is 10.7 Å². The zero-order chi connectivity index (χ0) is 13.7. The highest BCUT2D eigenvalue weighted by molar-refractivity contribution is 7.13. The van der Waals surface area contributed by atoms with Crippen LogP contribution in [-0.4, -0.2) is 35.1 Å². The lowest BCUT2D eigenvalue weighted by molar-refractivity contribution is 0.422. The van der Waals surface area contributed by atoms with Crippen molar-refractivity contribution in [1.82, 2.24) is 35.1 Å². The lowest BCUT2D eigenvalue weighted by atomic mass is 10.1. The second kappa shape index (κ2) is 3.97. The average Bonchev–Trinajstić information content (AvgIpc) is 3.09. The Hall–Kier alpha value is -2.55. The molecule has 4 rings (SSSR count). The first-order valence-electron chi connectivity index (χ1n) is 5.79. The number of fused-ring (bicyclic) bond motifs is 2. The number of aromatic nitrogens is 7. The van der Waals surface area contributed by atoms with E-state index in [1.807, 2.05) is 6.92 Å². The first kappa shape index (κ1) is 11.3. The van der Waals surface area contributed by atoms with E-state index in [2.05, 4.69) is 35.1 Å². The molecule has 0 saturated carbocycles. The van der Waals surface area contributed by atoms with E-state index in [4.69, 9.17) is 4.52 Å². The third-order valence-corrected chi connectivity index (χ3v) is 3.82. The Kier molecular flexibility index (Phi) is 2.24. The molecule has 9 heteroatoms. The highest BCUT2D eigenvalue weighted by Gasteiger charge is 2.19. The molecule has 0 N–H and O–H groups in total. The Labute approximate surface area is 116 Å². The second-order valence-corrected chi connectivity index (χ2v) is 5.05. The molecule has 20 heavy (non-hydrogen) atoms. The van der Waals surface area contributed by atoms with E-state index >= 15 is 0 Å². The first-order valence-corrected chi connectivity index (χ1v) is 6.56. The molecule has 0 fully saturated rings. The van der Waals surface area contributed by atoms with Gasteiger partial charge in [0.15, 0.2) is 5.52 Å². The van der Waals surface area contributed by atoms with Gasteiger partial charge in [0.2, 0.25) is 5.58 Å². The average molecular weight is 285 g/mol. The molecule has 0 spiro atoms. The monoisotopic (exact) mass is 285 g/mol. The Bertz CT molecular complexity index is 866. The molecule has 0 aliphatic carbocycles. The summed E-state index contributed by atoms with van der Waals surface area (Å²) >= 11 is 1.29. The minimum Gasteiger partial charge on any atom is -0.335 e. The Morgan fingerprint density at radius 1 is 1.00 bits per heavy atom. The van der Waals surface area contributed by atoms with Crippen molar-refractivity contribution < 1.29 is 4.52 Å². The summed E-state index contributed by atoms with van der Waals surface area (Å²) in [7, 11) is 0. The van der Waals surface area contributed by atoms with E-state index < -0.39 is 0 Å². The number of nitrogens with zero attached hydrogens (tertiary/aromatic N) is 7. The Morgan fingerprint density at radius 3 is 2.80 bits per heavy atom. The fourth-order valence-corrected chi connectivity index (χ4v) is 2.76. The van der Waals surface area contributed by atoms with Crippen LogP contribution in [0, 0.1) is 13.8 Å². The SMILES string of the molecule is Cc1ncc(-c2nnc(C)c3onnc23)c2snnc12. The fourth-order valence-electron chi connectivity index (χ4n) is 2.04. The number of rotatable bonds is 1. The first-order chi connectivity index (χ1) is 9.75. The molecule has 0 aromatic carbocycles. The van der Waals surface area contributed by atoms with Crippen LogP contribution in [0.25, 0.3) is 32.6 Å². The van der Waals surface area contributed by atoms with Gasteiger partial charge in [-0.2, -0.15) is 5.10 Å². The van der Waals surface area contributed by atoms with E-state index in [1.54, 1.807) is 13.1 Å². The number of hydrogen-bond acceptors (Lipinski definition) is 9. The normalized spacial score (nSPS) is 11.5. The summed E-state index contributed by atoms with van der Waals surface area (Å²) in [5.41, 5.74) is 4.70. The van der Waals surface area contributed by atoms with Crippen LogP contribution >= 0.6 is 11.5 Å². The van der Waals surface area contributed by atoms with Gasteiger partial charge < -0.3 is 4.52 Å². The van der Waals surface area contributed by atoms with Gasteiger partial charge in [0, 0.05) is 17.0 Å². The van der Waals surface area contributed by atoms with Crippen molar-refractivity contribution in [2.45, 2.75) is 13.8 Å². The van der Waals surface area contributed by atoms with Crippen molar-refractivity contribution in [2.24, 2.45) is 0 Å². The molecule has 8 nitrogen and oxygen atoms in total. The summed E-state index contributed by atoms with van der Waals surface area (Å²) in [5.74, 6) is 0. The van der Waals surface area contributed by atoms with E-state index in [1.165, 1.54) is 11.5 Å². The van der Waals surface area contributed by atoms with E-state index in [0.717, 1.165) is 21.5 Å². The van der Waals surface area contributed by atoms with Gasteiger partial charge in [-0.05, 0) is 25.4 Å².